The first-order valence-corrected chi connectivity index (χ1v) is 6.37. The van der Waals surface area contributed by atoms with E-state index in [0.717, 1.165) is 16.7 Å². The zero-order chi connectivity index (χ0) is 14.9. The minimum atomic E-state index is -0.344. The van der Waals surface area contributed by atoms with Crippen LogP contribution < -0.4 is 11.1 Å². The molecule has 0 aliphatic rings. The number of aryl methyl sites for hydroxylation is 2. The van der Waals surface area contributed by atoms with Gasteiger partial charge in [0.05, 0.1) is 5.56 Å². The Balaban J connectivity index is 2.38. The molecule has 0 spiro atoms. The molecule has 1 amide bonds. The standard InChI is InChI=1S/C16H18N2O2/c1-9-4-7-14(19)12(8-9)16(20)18-15-10(2)5-6-13(17)11(15)3/h4-8,19H,17H2,1-3H3,(H,18,20). The van der Waals surface area contributed by atoms with Crippen molar-refractivity contribution in [2.45, 2.75) is 20.8 Å². The minimum Gasteiger partial charge on any atom is -0.507 e. The Hall–Kier alpha value is -2.49. The number of phenolic OH excluding ortho intramolecular Hbond substituents is 1. The number of phenols is 1. The van der Waals surface area contributed by atoms with Gasteiger partial charge in [0.25, 0.3) is 5.91 Å². The molecule has 2 aromatic carbocycles. The fraction of sp³-hybridized carbons (Fsp3) is 0.188. The maximum atomic E-state index is 12.3. The number of aromatic hydroxyl groups is 1. The fourth-order valence-corrected chi connectivity index (χ4v) is 2.07. The smallest absolute Gasteiger partial charge is 0.259 e. The van der Waals surface area contributed by atoms with Crippen molar-refractivity contribution in [2.24, 2.45) is 0 Å². The SMILES string of the molecule is Cc1ccc(O)c(C(=O)Nc2c(C)ccc(N)c2C)c1. The van der Waals surface area contributed by atoms with Gasteiger partial charge in [-0.3, -0.25) is 4.79 Å². The highest BCUT2D eigenvalue weighted by Crippen LogP contribution is 2.27. The van der Waals surface area contributed by atoms with E-state index in [4.69, 9.17) is 5.73 Å². The largest absolute Gasteiger partial charge is 0.507 e. The van der Waals surface area contributed by atoms with Crippen molar-refractivity contribution in [3.05, 3.63) is 52.6 Å². The van der Waals surface area contributed by atoms with Crippen molar-refractivity contribution in [1.82, 2.24) is 0 Å². The number of hydrogen-bond acceptors (Lipinski definition) is 3. The van der Waals surface area contributed by atoms with Gasteiger partial charge < -0.3 is 16.2 Å². The summed E-state index contributed by atoms with van der Waals surface area (Å²) in [5.41, 5.74) is 10.1. The van der Waals surface area contributed by atoms with Crippen LogP contribution in [0.2, 0.25) is 0 Å². The Labute approximate surface area is 118 Å². The van der Waals surface area contributed by atoms with Gasteiger partial charge in [-0.25, -0.2) is 0 Å². The molecule has 4 N–H and O–H groups in total. The third kappa shape index (κ3) is 2.59. The lowest BCUT2D eigenvalue weighted by atomic mass is 10.1. The molecule has 0 aliphatic heterocycles. The van der Waals surface area contributed by atoms with Crippen LogP contribution in [0.5, 0.6) is 5.75 Å². The van der Waals surface area contributed by atoms with Gasteiger partial charge in [0, 0.05) is 11.4 Å². The second kappa shape index (κ2) is 5.25. The summed E-state index contributed by atoms with van der Waals surface area (Å²) in [6.45, 7) is 5.62. The highest BCUT2D eigenvalue weighted by atomic mass is 16.3. The van der Waals surface area contributed by atoms with E-state index in [1.165, 1.54) is 6.07 Å². The molecule has 0 atom stereocenters. The molecule has 2 rings (SSSR count). The Morgan fingerprint density at radius 2 is 1.85 bits per heavy atom. The number of nitrogens with two attached hydrogens (primary N) is 1. The molecule has 0 aromatic heterocycles. The van der Waals surface area contributed by atoms with E-state index in [0.29, 0.717) is 11.4 Å². The normalized spacial score (nSPS) is 10.3. The van der Waals surface area contributed by atoms with Crippen LogP contribution >= 0.6 is 0 Å². The third-order valence-electron chi connectivity index (χ3n) is 3.35. The van der Waals surface area contributed by atoms with E-state index in [1.807, 2.05) is 32.9 Å². The molecule has 20 heavy (non-hydrogen) atoms. The Morgan fingerprint density at radius 1 is 1.15 bits per heavy atom. The summed E-state index contributed by atoms with van der Waals surface area (Å²) >= 11 is 0. The molecule has 0 radical (unpaired) electrons. The van der Waals surface area contributed by atoms with Crippen molar-refractivity contribution in [3.8, 4) is 5.75 Å². The molecule has 0 saturated carbocycles. The molecule has 0 aliphatic carbocycles. The minimum absolute atomic E-state index is 0.0349. The first kappa shape index (κ1) is 13.9. The van der Waals surface area contributed by atoms with Crippen molar-refractivity contribution < 1.29 is 9.90 Å². The van der Waals surface area contributed by atoms with Gasteiger partial charge >= 0.3 is 0 Å². The van der Waals surface area contributed by atoms with E-state index in [1.54, 1.807) is 12.1 Å². The van der Waals surface area contributed by atoms with Crippen LogP contribution in [-0.4, -0.2) is 11.0 Å². The molecule has 0 heterocycles. The summed E-state index contributed by atoms with van der Waals surface area (Å²) in [4.78, 5) is 12.3. The molecule has 2 aromatic rings. The van der Waals surface area contributed by atoms with Crippen molar-refractivity contribution in [1.29, 1.82) is 0 Å². The first-order valence-electron chi connectivity index (χ1n) is 6.37. The van der Waals surface area contributed by atoms with Crippen LogP contribution in [0.1, 0.15) is 27.0 Å². The molecule has 4 nitrogen and oxygen atoms in total. The van der Waals surface area contributed by atoms with Crippen molar-refractivity contribution in [2.75, 3.05) is 11.1 Å². The van der Waals surface area contributed by atoms with Gasteiger partial charge in [-0.05, 0) is 50.1 Å². The fourth-order valence-electron chi connectivity index (χ4n) is 2.07. The lowest BCUT2D eigenvalue weighted by Crippen LogP contribution is -2.14. The average Bonchev–Trinajstić information content (AvgIpc) is 2.41. The molecule has 4 heteroatoms. The number of hydrogen-bond donors (Lipinski definition) is 3. The Morgan fingerprint density at radius 3 is 2.55 bits per heavy atom. The summed E-state index contributed by atoms with van der Waals surface area (Å²) in [5, 5.41) is 12.6. The van der Waals surface area contributed by atoms with Gasteiger partial charge in [0.15, 0.2) is 0 Å². The van der Waals surface area contributed by atoms with Crippen LogP contribution in [0.3, 0.4) is 0 Å². The Bertz CT molecular complexity index is 678. The molecule has 0 unspecified atom stereocenters. The van der Waals surface area contributed by atoms with Crippen LogP contribution in [0, 0.1) is 20.8 Å². The molecule has 104 valence electrons. The highest BCUT2D eigenvalue weighted by Gasteiger charge is 2.14. The summed E-state index contributed by atoms with van der Waals surface area (Å²) in [6.07, 6.45) is 0. The summed E-state index contributed by atoms with van der Waals surface area (Å²) in [5.74, 6) is -0.379. The topological polar surface area (TPSA) is 75.3 Å². The maximum Gasteiger partial charge on any atom is 0.259 e. The van der Waals surface area contributed by atoms with Crippen molar-refractivity contribution >= 4 is 17.3 Å². The lowest BCUT2D eigenvalue weighted by Gasteiger charge is -2.14. The van der Waals surface area contributed by atoms with E-state index in [9.17, 15) is 9.90 Å². The van der Waals surface area contributed by atoms with E-state index < -0.39 is 0 Å². The molecule has 0 fully saturated rings. The van der Waals surface area contributed by atoms with Gasteiger partial charge in [0.2, 0.25) is 0 Å². The lowest BCUT2D eigenvalue weighted by molar-refractivity contribution is 0.102. The van der Waals surface area contributed by atoms with Crippen LogP contribution in [-0.2, 0) is 0 Å². The van der Waals surface area contributed by atoms with E-state index >= 15 is 0 Å². The second-order valence-electron chi connectivity index (χ2n) is 4.95. The number of nitrogens with one attached hydrogen (secondary N) is 1. The highest BCUT2D eigenvalue weighted by molar-refractivity contribution is 6.07. The number of benzene rings is 2. The van der Waals surface area contributed by atoms with Crippen LogP contribution in [0.25, 0.3) is 0 Å². The predicted molar refractivity (Wildman–Crippen MR) is 81.1 cm³/mol. The summed E-state index contributed by atoms with van der Waals surface area (Å²) < 4.78 is 0. The van der Waals surface area contributed by atoms with Crippen LogP contribution in [0.15, 0.2) is 30.3 Å². The second-order valence-corrected chi connectivity index (χ2v) is 4.95. The van der Waals surface area contributed by atoms with Gasteiger partial charge in [-0.1, -0.05) is 17.7 Å². The summed E-state index contributed by atoms with van der Waals surface area (Å²) in [6, 6.07) is 8.59. The summed E-state index contributed by atoms with van der Waals surface area (Å²) in [7, 11) is 0. The molecule has 0 bridgehead atoms. The molecular weight excluding hydrogens is 252 g/mol. The number of rotatable bonds is 2. The van der Waals surface area contributed by atoms with Gasteiger partial charge in [-0.15, -0.1) is 0 Å². The maximum absolute atomic E-state index is 12.3. The zero-order valence-corrected chi connectivity index (χ0v) is 11.8. The van der Waals surface area contributed by atoms with E-state index in [-0.39, 0.29) is 17.2 Å². The number of anilines is 2. The van der Waals surface area contributed by atoms with Crippen LogP contribution in [0.4, 0.5) is 11.4 Å². The van der Waals surface area contributed by atoms with Crippen molar-refractivity contribution in [3.63, 3.8) is 0 Å². The molecular formula is C16H18N2O2. The van der Waals surface area contributed by atoms with Gasteiger partial charge in [0.1, 0.15) is 5.75 Å². The van der Waals surface area contributed by atoms with E-state index in [2.05, 4.69) is 5.32 Å². The molecule has 0 saturated heterocycles. The number of carbonyl (C=O) groups excluding carboxylic acids is 1. The quantitative estimate of drug-likeness (QED) is 0.734. The number of carbonyl (C=O) groups is 1. The zero-order valence-electron chi connectivity index (χ0n) is 11.8. The number of amides is 1. The first-order chi connectivity index (χ1) is 9.40. The number of nitrogen functional groups attached to an aromatic ring is 1. The van der Waals surface area contributed by atoms with Gasteiger partial charge in [-0.2, -0.15) is 0 Å². The average molecular weight is 270 g/mol. The monoisotopic (exact) mass is 270 g/mol. The third-order valence-corrected chi connectivity index (χ3v) is 3.35. The predicted octanol–water partition coefficient (Wildman–Crippen LogP) is 3.15. The Kier molecular flexibility index (Phi) is 3.66.